The first-order valence-corrected chi connectivity index (χ1v) is 6.73. The molecule has 0 bridgehead atoms. The fraction of sp³-hybridized carbons (Fsp3) is 0.182. The monoisotopic (exact) mass is 234 g/mol. The Morgan fingerprint density at radius 3 is 3.20 bits per heavy atom. The minimum atomic E-state index is 1.06. The van der Waals surface area contributed by atoms with Gasteiger partial charge in [-0.05, 0) is 29.3 Å². The topological polar surface area (TPSA) is 17.3 Å². The molecular weight excluding hydrogens is 224 g/mol. The Morgan fingerprint density at radius 2 is 2.33 bits per heavy atom. The van der Waals surface area contributed by atoms with E-state index >= 15 is 0 Å². The molecule has 0 saturated carbocycles. The fourth-order valence-electron chi connectivity index (χ4n) is 1.72. The van der Waals surface area contributed by atoms with Gasteiger partial charge in [0.25, 0.3) is 0 Å². The van der Waals surface area contributed by atoms with Gasteiger partial charge in [0.05, 0.1) is 11.0 Å². The summed E-state index contributed by atoms with van der Waals surface area (Å²) >= 11 is 3.50. The highest BCUT2D eigenvalue weighted by Gasteiger charge is 2.08. The van der Waals surface area contributed by atoms with Gasteiger partial charge in [-0.25, -0.2) is 4.98 Å². The zero-order valence-electron chi connectivity index (χ0n) is 8.30. The summed E-state index contributed by atoms with van der Waals surface area (Å²) in [6.45, 7) is 2.16. The van der Waals surface area contributed by atoms with Crippen LogP contribution in [0.1, 0.15) is 6.92 Å². The van der Waals surface area contributed by atoms with Crippen LogP contribution in [0.15, 0.2) is 34.8 Å². The second-order valence-electron chi connectivity index (χ2n) is 3.22. The molecule has 2 nitrogen and oxygen atoms in total. The minimum Gasteiger partial charge on any atom is -0.312 e. The molecule has 0 radical (unpaired) electrons. The molecule has 3 aromatic rings. The van der Waals surface area contributed by atoms with Crippen LogP contribution in [-0.2, 0) is 0 Å². The summed E-state index contributed by atoms with van der Waals surface area (Å²) in [5.74, 6) is 1.06. The van der Waals surface area contributed by atoms with E-state index in [0.717, 1.165) is 15.6 Å². The molecule has 3 rings (SSSR count). The molecule has 0 aliphatic heterocycles. The van der Waals surface area contributed by atoms with Crippen molar-refractivity contribution in [3.63, 3.8) is 0 Å². The summed E-state index contributed by atoms with van der Waals surface area (Å²) in [6, 6.07) is 6.33. The quantitative estimate of drug-likeness (QED) is 0.629. The number of fused-ring (bicyclic) bond motifs is 3. The molecule has 3 aromatic heterocycles. The molecule has 0 aromatic carbocycles. The van der Waals surface area contributed by atoms with E-state index in [9.17, 15) is 0 Å². The zero-order valence-corrected chi connectivity index (χ0v) is 9.94. The van der Waals surface area contributed by atoms with Crippen LogP contribution in [0.3, 0.4) is 0 Å². The molecule has 0 unspecified atom stereocenters. The van der Waals surface area contributed by atoms with Crippen LogP contribution in [0, 0.1) is 0 Å². The lowest BCUT2D eigenvalue weighted by Crippen LogP contribution is -1.90. The third kappa shape index (κ3) is 1.36. The highest BCUT2D eigenvalue weighted by Crippen LogP contribution is 2.28. The molecule has 3 heterocycles. The lowest BCUT2D eigenvalue weighted by atomic mass is 10.5. The van der Waals surface area contributed by atoms with Gasteiger partial charge in [-0.2, -0.15) is 0 Å². The van der Waals surface area contributed by atoms with Gasteiger partial charge in [0, 0.05) is 6.20 Å². The normalized spacial score (nSPS) is 11.5. The maximum absolute atomic E-state index is 4.69. The van der Waals surface area contributed by atoms with E-state index in [1.807, 2.05) is 0 Å². The largest absolute Gasteiger partial charge is 0.312 e. The first kappa shape index (κ1) is 9.24. The Morgan fingerprint density at radius 1 is 1.40 bits per heavy atom. The Labute approximate surface area is 95.9 Å². The van der Waals surface area contributed by atoms with Gasteiger partial charge in [0.1, 0.15) is 9.86 Å². The van der Waals surface area contributed by atoms with Crippen LogP contribution in [0.2, 0.25) is 0 Å². The van der Waals surface area contributed by atoms with Crippen LogP contribution in [0.25, 0.3) is 15.9 Å². The predicted octanol–water partition coefficient (Wildman–Crippen LogP) is 3.66. The lowest BCUT2D eigenvalue weighted by molar-refractivity contribution is 1.14. The maximum Gasteiger partial charge on any atom is 0.141 e. The molecule has 0 spiro atoms. The van der Waals surface area contributed by atoms with Crippen molar-refractivity contribution < 1.29 is 0 Å². The van der Waals surface area contributed by atoms with Gasteiger partial charge < -0.3 is 4.40 Å². The van der Waals surface area contributed by atoms with Crippen LogP contribution in [0.5, 0.6) is 0 Å². The number of nitrogens with zero attached hydrogens (tertiary/aromatic N) is 2. The molecule has 0 saturated heterocycles. The predicted molar refractivity (Wildman–Crippen MR) is 67.0 cm³/mol. The van der Waals surface area contributed by atoms with Gasteiger partial charge in [0.15, 0.2) is 0 Å². The van der Waals surface area contributed by atoms with Gasteiger partial charge in [-0.15, -0.1) is 23.1 Å². The van der Waals surface area contributed by atoms with E-state index in [1.165, 1.54) is 11.0 Å². The number of thiophene rings is 1. The average molecular weight is 234 g/mol. The van der Waals surface area contributed by atoms with Crippen molar-refractivity contribution in [2.75, 3.05) is 5.75 Å². The van der Waals surface area contributed by atoms with Crippen LogP contribution < -0.4 is 0 Å². The van der Waals surface area contributed by atoms with Crippen LogP contribution in [-0.4, -0.2) is 15.1 Å². The van der Waals surface area contributed by atoms with Crippen LogP contribution >= 0.6 is 23.1 Å². The molecule has 0 aliphatic carbocycles. The first-order valence-electron chi connectivity index (χ1n) is 4.87. The highest BCUT2D eigenvalue weighted by atomic mass is 32.2. The second-order valence-corrected chi connectivity index (χ2v) is 5.37. The zero-order chi connectivity index (χ0) is 10.3. The van der Waals surface area contributed by atoms with Crippen molar-refractivity contribution in [3.8, 4) is 0 Å². The van der Waals surface area contributed by atoms with Crippen LogP contribution in [0.4, 0.5) is 0 Å². The Kier molecular flexibility index (Phi) is 2.18. The van der Waals surface area contributed by atoms with E-state index < -0.39 is 0 Å². The molecule has 4 heteroatoms. The molecule has 0 atom stereocenters. The van der Waals surface area contributed by atoms with Gasteiger partial charge in [-0.1, -0.05) is 6.92 Å². The summed E-state index contributed by atoms with van der Waals surface area (Å²) in [5.41, 5.74) is 2.42. The third-order valence-electron chi connectivity index (χ3n) is 2.34. The summed E-state index contributed by atoms with van der Waals surface area (Å²) in [6.07, 6.45) is 2.10. The molecule has 76 valence electrons. The molecule has 15 heavy (non-hydrogen) atoms. The number of rotatable bonds is 2. The number of hydrogen-bond acceptors (Lipinski definition) is 3. The van der Waals surface area contributed by atoms with Crippen molar-refractivity contribution in [1.29, 1.82) is 0 Å². The molecule has 0 fully saturated rings. The average Bonchev–Trinajstić information content (AvgIpc) is 2.84. The van der Waals surface area contributed by atoms with Crippen molar-refractivity contribution >= 4 is 39.0 Å². The van der Waals surface area contributed by atoms with Gasteiger partial charge >= 0.3 is 0 Å². The number of thioether (sulfide) groups is 1. The Hall–Kier alpha value is -1.00. The number of hydrogen-bond donors (Lipinski definition) is 0. The SMILES string of the molecule is CCSc1nc2sccc2n2cccc12. The molecule has 0 aliphatic rings. The van der Waals surface area contributed by atoms with E-state index in [2.05, 4.69) is 46.1 Å². The smallest absolute Gasteiger partial charge is 0.141 e. The van der Waals surface area contributed by atoms with E-state index in [0.29, 0.717) is 0 Å². The third-order valence-corrected chi connectivity index (χ3v) is 3.99. The minimum absolute atomic E-state index is 1.06. The van der Waals surface area contributed by atoms with Crippen molar-refractivity contribution in [3.05, 3.63) is 29.8 Å². The van der Waals surface area contributed by atoms with Gasteiger partial charge in [0.2, 0.25) is 0 Å². The first-order chi connectivity index (χ1) is 7.40. The van der Waals surface area contributed by atoms with Crippen molar-refractivity contribution in [1.82, 2.24) is 9.38 Å². The van der Waals surface area contributed by atoms with Crippen molar-refractivity contribution in [2.45, 2.75) is 11.9 Å². The molecular formula is C11H10N2S2. The van der Waals surface area contributed by atoms with Gasteiger partial charge in [-0.3, -0.25) is 0 Å². The Balaban J connectivity index is 2.43. The summed E-state index contributed by atoms with van der Waals surface area (Å²) in [4.78, 5) is 5.81. The summed E-state index contributed by atoms with van der Waals surface area (Å²) < 4.78 is 2.22. The second kappa shape index (κ2) is 3.54. The summed E-state index contributed by atoms with van der Waals surface area (Å²) in [7, 11) is 0. The van der Waals surface area contributed by atoms with Crippen molar-refractivity contribution in [2.24, 2.45) is 0 Å². The number of aromatic nitrogens is 2. The Bertz CT molecular complexity index is 609. The lowest BCUT2D eigenvalue weighted by Gasteiger charge is -2.03. The molecule has 0 amide bonds. The van der Waals surface area contributed by atoms with E-state index in [-0.39, 0.29) is 0 Å². The summed E-state index contributed by atoms with van der Waals surface area (Å²) in [5, 5.41) is 3.23. The standard InChI is InChI=1S/C11H10N2S2/c1-2-14-10-8-4-3-6-13(8)9-5-7-15-11(9)12-10/h3-7H,2H2,1H3. The maximum atomic E-state index is 4.69. The van der Waals surface area contributed by atoms with E-state index in [1.54, 1.807) is 23.1 Å². The molecule has 0 N–H and O–H groups in total. The fourth-order valence-corrected chi connectivity index (χ4v) is 3.28. The van der Waals surface area contributed by atoms with E-state index in [4.69, 9.17) is 0 Å². The highest BCUT2D eigenvalue weighted by molar-refractivity contribution is 7.99.